The SMILES string of the molecule is Cc1cccc(/C(N)=N/O)c1N(C)CCc1cccs1. The van der Waals surface area contributed by atoms with E-state index in [0.29, 0.717) is 0 Å². The minimum atomic E-state index is 0.145. The van der Waals surface area contributed by atoms with Crippen LogP contribution in [0.25, 0.3) is 0 Å². The quantitative estimate of drug-likeness (QED) is 0.385. The van der Waals surface area contributed by atoms with E-state index in [1.165, 1.54) is 4.88 Å². The maximum Gasteiger partial charge on any atom is 0.172 e. The van der Waals surface area contributed by atoms with Crippen LogP contribution in [0, 0.1) is 6.92 Å². The molecule has 0 atom stereocenters. The fourth-order valence-corrected chi connectivity index (χ4v) is 2.97. The van der Waals surface area contributed by atoms with Gasteiger partial charge in [0.25, 0.3) is 0 Å². The normalized spacial score (nSPS) is 11.6. The van der Waals surface area contributed by atoms with Gasteiger partial charge in [0, 0.05) is 24.0 Å². The summed E-state index contributed by atoms with van der Waals surface area (Å²) in [5.74, 6) is 0.145. The molecule has 0 saturated heterocycles. The van der Waals surface area contributed by atoms with Gasteiger partial charge < -0.3 is 15.8 Å². The van der Waals surface area contributed by atoms with E-state index in [4.69, 9.17) is 10.9 Å². The summed E-state index contributed by atoms with van der Waals surface area (Å²) in [7, 11) is 2.03. The molecule has 106 valence electrons. The number of hydrogen-bond donors (Lipinski definition) is 2. The molecule has 0 amide bonds. The number of anilines is 1. The number of para-hydroxylation sites is 1. The van der Waals surface area contributed by atoms with Gasteiger partial charge in [-0.25, -0.2) is 0 Å². The Morgan fingerprint density at radius 1 is 1.35 bits per heavy atom. The first-order valence-electron chi connectivity index (χ1n) is 6.44. The van der Waals surface area contributed by atoms with Gasteiger partial charge in [-0.05, 0) is 36.4 Å². The summed E-state index contributed by atoms with van der Waals surface area (Å²) in [5, 5.41) is 14.1. The molecule has 1 aromatic heterocycles. The van der Waals surface area contributed by atoms with Gasteiger partial charge in [-0.3, -0.25) is 0 Å². The van der Waals surface area contributed by atoms with Crippen molar-refractivity contribution < 1.29 is 5.21 Å². The molecule has 5 heteroatoms. The lowest BCUT2D eigenvalue weighted by Crippen LogP contribution is -2.25. The maximum atomic E-state index is 8.91. The third kappa shape index (κ3) is 3.11. The van der Waals surface area contributed by atoms with Gasteiger partial charge in [0.05, 0.1) is 5.69 Å². The van der Waals surface area contributed by atoms with Crippen LogP contribution in [0.4, 0.5) is 5.69 Å². The summed E-state index contributed by atoms with van der Waals surface area (Å²) in [6.07, 6.45) is 0.984. The third-order valence-corrected chi connectivity index (χ3v) is 4.21. The van der Waals surface area contributed by atoms with Gasteiger partial charge in [-0.2, -0.15) is 0 Å². The largest absolute Gasteiger partial charge is 0.409 e. The minimum Gasteiger partial charge on any atom is -0.409 e. The highest BCUT2D eigenvalue weighted by Gasteiger charge is 2.13. The summed E-state index contributed by atoms with van der Waals surface area (Å²) in [5.41, 5.74) is 8.66. The van der Waals surface area contributed by atoms with E-state index >= 15 is 0 Å². The monoisotopic (exact) mass is 289 g/mol. The fraction of sp³-hybridized carbons (Fsp3) is 0.267. The molecule has 0 saturated carbocycles. The topological polar surface area (TPSA) is 61.9 Å². The number of oxime groups is 1. The summed E-state index contributed by atoms with van der Waals surface area (Å²) in [4.78, 5) is 3.51. The first-order valence-corrected chi connectivity index (χ1v) is 7.32. The second-order valence-electron chi connectivity index (χ2n) is 4.71. The number of likely N-dealkylation sites (N-methyl/N-ethyl adjacent to an activating group) is 1. The van der Waals surface area contributed by atoms with Crippen LogP contribution in [0.1, 0.15) is 16.0 Å². The van der Waals surface area contributed by atoms with Crippen LogP contribution in [0.15, 0.2) is 40.9 Å². The molecule has 1 aromatic carbocycles. The molecule has 20 heavy (non-hydrogen) atoms. The number of nitrogens with zero attached hydrogens (tertiary/aromatic N) is 2. The molecule has 4 nitrogen and oxygen atoms in total. The first-order chi connectivity index (χ1) is 9.63. The zero-order valence-electron chi connectivity index (χ0n) is 11.7. The van der Waals surface area contributed by atoms with E-state index in [1.54, 1.807) is 11.3 Å². The zero-order chi connectivity index (χ0) is 14.5. The molecule has 0 aliphatic carbocycles. The Balaban J connectivity index is 2.22. The molecule has 0 unspecified atom stereocenters. The predicted molar refractivity (Wildman–Crippen MR) is 85.0 cm³/mol. The highest BCUT2D eigenvalue weighted by Crippen LogP contribution is 2.24. The lowest BCUT2D eigenvalue weighted by Gasteiger charge is -2.24. The van der Waals surface area contributed by atoms with Crippen LogP contribution in [-0.2, 0) is 6.42 Å². The highest BCUT2D eigenvalue weighted by atomic mass is 32.1. The fourth-order valence-electron chi connectivity index (χ4n) is 2.27. The Morgan fingerprint density at radius 3 is 2.80 bits per heavy atom. The molecular formula is C15H19N3OS. The lowest BCUT2D eigenvalue weighted by atomic mass is 10.1. The Morgan fingerprint density at radius 2 is 2.15 bits per heavy atom. The molecule has 0 bridgehead atoms. The van der Waals surface area contributed by atoms with Crippen molar-refractivity contribution in [3.63, 3.8) is 0 Å². The van der Waals surface area contributed by atoms with Crippen molar-refractivity contribution in [1.82, 2.24) is 0 Å². The van der Waals surface area contributed by atoms with E-state index < -0.39 is 0 Å². The van der Waals surface area contributed by atoms with Crippen molar-refractivity contribution in [1.29, 1.82) is 0 Å². The van der Waals surface area contributed by atoms with E-state index in [-0.39, 0.29) is 5.84 Å². The van der Waals surface area contributed by atoms with Gasteiger partial charge in [0.2, 0.25) is 0 Å². The van der Waals surface area contributed by atoms with Gasteiger partial charge in [-0.1, -0.05) is 23.4 Å². The lowest BCUT2D eigenvalue weighted by molar-refractivity contribution is 0.318. The van der Waals surface area contributed by atoms with Crippen molar-refractivity contribution in [3.8, 4) is 0 Å². The molecule has 0 spiro atoms. The van der Waals surface area contributed by atoms with E-state index in [0.717, 1.165) is 29.8 Å². The molecule has 0 fully saturated rings. The smallest absolute Gasteiger partial charge is 0.172 e. The highest BCUT2D eigenvalue weighted by molar-refractivity contribution is 7.09. The number of thiophene rings is 1. The molecule has 2 aromatic rings. The molecule has 2 rings (SSSR count). The summed E-state index contributed by atoms with van der Waals surface area (Å²) >= 11 is 1.76. The Hall–Kier alpha value is -2.01. The Labute approximate surface area is 123 Å². The Kier molecular flexibility index (Phi) is 4.63. The van der Waals surface area contributed by atoms with Crippen molar-refractivity contribution in [2.45, 2.75) is 13.3 Å². The zero-order valence-corrected chi connectivity index (χ0v) is 12.5. The van der Waals surface area contributed by atoms with Gasteiger partial charge in [0.1, 0.15) is 0 Å². The van der Waals surface area contributed by atoms with Crippen molar-refractivity contribution in [2.75, 3.05) is 18.5 Å². The average Bonchev–Trinajstić information content (AvgIpc) is 2.97. The van der Waals surface area contributed by atoms with Crippen molar-refractivity contribution >= 4 is 22.9 Å². The average molecular weight is 289 g/mol. The van der Waals surface area contributed by atoms with Gasteiger partial charge >= 0.3 is 0 Å². The van der Waals surface area contributed by atoms with Crippen LogP contribution in [0.2, 0.25) is 0 Å². The first kappa shape index (κ1) is 14.4. The van der Waals surface area contributed by atoms with Crippen molar-refractivity contribution in [2.24, 2.45) is 10.9 Å². The van der Waals surface area contributed by atoms with Crippen LogP contribution in [0.3, 0.4) is 0 Å². The molecule has 0 aliphatic rings. The van der Waals surface area contributed by atoms with Crippen LogP contribution in [0.5, 0.6) is 0 Å². The number of aryl methyl sites for hydroxylation is 1. The summed E-state index contributed by atoms with van der Waals surface area (Å²) in [6.45, 7) is 2.92. The summed E-state index contributed by atoms with van der Waals surface area (Å²) in [6, 6.07) is 10.0. The Bertz CT molecular complexity index is 593. The third-order valence-electron chi connectivity index (χ3n) is 3.28. The standard InChI is InChI=1S/C15H19N3OS/c1-11-5-3-7-13(15(16)17-19)14(11)18(2)9-8-12-6-4-10-20-12/h3-7,10,19H,8-9H2,1-2H3,(H2,16,17). The molecule has 0 radical (unpaired) electrons. The van der Waals surface area contributed by atoms with Crippen LogP contribution < -0.4 is 10.6 Å². The number of nitrogens with two attached hydrogens (primary N) is 1. The van der Waals surface area contributed by atoms with E-state index in [1.807, 2.05) is 32.2 Å². The number of rotatable bonds is 5. The molecule has 3 N–H and O–H groups in total. The number of hydrogen-bond acceptors (Lipinski definition) is 4. The van der Waals surface area contributed by atoms with Crippen molar-refractivity contribution in [3.05, 3.63) is 51.7 Å². The minimum absolute atomic E-state index is 0.145. The number of benzene rings is 1. The second kappa shape index (κ2) is 6.43. The van der Waals surface area contributed by atoms with Gasteiger partial charge in [-0.15, -0.1) is 11.3 Å². The molecule has 0 aliphatic heterocycles. The predicted octanol–water partition coefficient (Wildman–Crippen LogP) is 2.83. The molecule has 1 heterocycles. The van der Waals surface area contributed by atoms with Crippen LogP contribution >= 0.6 is 11.3 Å². The van der Waals surface area contributed by atoms with Crippen LogP contribution in [-0.4, -0.2) is 24.6 Å². The van der Waals surface area contributed by atoms with Gasteiger partial charge in [0.15, 0.2) is 5.84 Å². The number of amidine groups is 1. The van der Waals surface area contributed by atoms with E-state index in [9.17, 15) is 0 Å². The maximum absolute atomic E-state index is 8.91. The van der Waals surface area contributed by atoms with E-state index in [2.05, 4.69) is 27.6 Å². The second-order valence-corrected chi connectivity index (χ2v) is 5.74. The molecular weight excluding hydrogens is 270 g/mol. The summed E-state index contributed by atoms with van der Waals surface area (Å²) < 4.78 is 0.